The summed E-state index contributed by atoms with van der Waals surface area (Å²) < 4.78 is 11.9. The van der Waals surface area contributed by atoms with Crippen LogP contribution in [0, 0.1) is 0 Å². The highest BCUT2D eigenvalue weighted by atomic mass is 79.9. The normalized spacial score (nSPS) is 14.2. The van der Waals surface area contributed by atoms with Crippen molar-refractivity contribution in [3.8, 4) is 5.75 Å². The molecular formula is C13H12BrCl2NO2. The van der Waals surface area contributed by atoms with Gasteiger partial charge in [0.2, 0.25) is 0 Å². The standard InChI is InChI=1S/C13H12BrCl2NO2/c1-7(17)13(11-3-2-4-18-11)19-12-6-9(15)8(14)5-10(12)16/h2-7,13H,17H2,1H3. The van der Waals surface area contributed by atoms with Gasteiger partial charge in [0.25, 0.3) is 0 Å². The molecule has 102 valence electrons. The molecule has 2 N–H and O–H groups in total. The second kappa shape index (κ2) is 6.18. The molecule has 1 aromatic carbocycles. The maximum absolute atomic E-state index is 6.13. The molecule has 0 aliphatic heterocycles. The van der Waals surface area contributed by atoms with Gasteiger partial charge in [-0.1, -0.05) is 23.2 Å². The van der Waals surface area contributed by atoms with Crippen LogP contribution < -0.4 is 10.5 Å². The van der Waals surface area contributed by atoms with Crippen LogP contribution in [0.15, 0.2) is 39.4 Å². The molecule has 3 nitrogen and oxygen atoms in total. The van der Waals surface area contributed by atoms with Gasteiger partial charge >= 0.3 is 0 Å². The summed E-state index contributed by atoms with van der Waals surface area (Å²) in [6, 6.07) is 6.66. The van der Waals surface area contributed by atoms with Crippen LogP contribution in [-0.4, -0.2) is 6.04 Å². The van der Waals surface area contributed by atoms with Crippen molar-refractivity contribution in [2.45, 2.75) is 19.1 Å². The fraction of sp³-hybridized carbons (Fsp3) is 0.231. The molecule has 2 unspecified atom stereocenters. The summed E-state index contributed by atoms with van der Waals surface area (Å²) >= 11 is 15.5. The van der Waals surface area contributed by atoms with E-state index in [1.54, 1.807) is 24.5 Å². The Hall–Kier alpha value is -0.680. The number of furan rings is 1. The Morgan fingerprint density at radius 1 is 1.32 bits per heavy atom. The van der Waals surface area contributed by atoms with Gasteiger partial charge in [-0.2, -0.15) is 0 Å². The number of halogens is 3. The molecule has 0 spiro atoms. The lowest BCUT2D eigenvalue weighted by molar-refractivity contribution is 0.153. The number of ether oxygens (including phenoxy) is 1. The first-order valence-electron chi connectivity index (χ1n) is 5.59. The van der Waals surface area contributed by atoms with Gasteiger partial charge in [0.1, 0.15) is 11.5 Å². The summed E-state index contributed by atoms with van der Waals surface area (Å²) in [5.74, 6) is 1.11. The second-order valence-electron chi connectivity index (χ2n) is 4.11. The Balaban J connectivity index is 2.30. The van der Waals surface area contributed by atoms with E-state index in [0.717, 1.165) is 0 Å². The van der Waals surface area contributed by atoms with Crippen molar-refractivity contribution in [2.24, 2.45) is 5.73 Å². The predicted octanol–water partition coefficient (Wildman–Crippen LogP) is 4.82. The average Bonchev–Trinajstić information content (AvgIpc) is 2.85. The number of nitrogens with two attached hydrogens (primary N) is 1. The summed E-state index contributed by atoms with van der Waals surface area (Å²) in [4.78, 5) is 0. The topological polar surface area (TPSA) is 48.4 Å². The summed E-state index contributed by atoms with van der Waals surface area (Å²) in [6.45, 7) is 1.83. The zero-order valence-electron chi connectivity index (χ0n) is 10.1. The lowest BCUT2D eigenvalue weighted by Crippen LogP contribution is -2.28. The summed E-state index contributed by atoms with van der Waals surface area (Å²) in [5, 5.41) is 0.968. The van der Waals surface area contributed by atoms with E-state index >= 15 is 0 Å². The molecular weight excluding hydrogens is 353 g/mol. The van der Waals surface area contributed by atoms with E-state index < -0.39 is 6.10 Å². The van der Waals surface area contributed by atoms with Gasteiger partial charge in [0.15, 0.2) is 6.10 Å². The van der Waals surface area contributed by atoms with Crippen LogP contribution in [-0.2, 0) is 0 Å². The first-order chi connectivity index (χ1) is 8.99. The maximum atomic E-state index is 6.13. The number of hydrogen-bond donors (Lipinski definition) is 1. The van der Waals surface area contributed by atoms with Crippen LogP contribution >= 0.6 is 39.1 Å². The van der Waals surface area contributed by atoms with Crippen molar-refractivity contribution in [3.63, 3.8) is 0 Å². The Morgan fingerprint density at radius 3 is 2.63 bits per heavy atom. The Labute approximate surface area is 129 Å². The largest absolute Gasteiger partial charge is 0.479 e. The molecule has 2 aromatic rings. The molecule has 0 aliphatic carbocycles. The lowest BCUT2D eigenvalue weighted by atomic mass is 10.1. The summed E-state index contributed by atoms with van der Waals surface area (Å²) in [5.41, 5.74) is 5.92. The van der Waals surface area contributed by atoms with Crippen LogP contribution in [0.1, 0.15) is 18.8 Å². The smallest absolute Gasteiger partial charge is 0.171 e. The predicted molar refractivity (Wildman–Crippen MR) is 79.9 cm³/mol. The molecule has 1 aromatic heterocycles. The summed E-state index contributed by atoms with van der Waals surface area (Å²) in [6.07, 6.45) is 1.15. The maximum Gasteiger partial charge on any atom is 0.171 e. The molecule has 2 rings (SSSR count). The fourth-order valence-corrected chi connectivity index (χ4v) is 2.45. The van der Waals surface area contributed by atoms with E-state index in [0.29, 0.717) is 26.0 Å². The molecule has 19 heavy (non-hydrogen) atoms. The van der Waals surface area contributed by atoms with Gasteiger partial charge in [0, 0.05) is 16.6 Å². The molecule has 0 fully saturated rings. The Morgan fingerprint density at radius 2 is 2.05 bits per heavy atom. The molecule has 6 heteroatoms. The highest BCUT2D eigenvalue weighted by molar-refractivity contribution is 9.10. The Bertz CT molecular complexity index is 558. The van der Waals surface area contributed by atoms with Crippen molar-refractivity contribution in [1.29, 1.82) is 0 Å². The van der Waals surface area contributed by atoms with E-state index in [1.807, 2.05) is 13.0 Å². The quantitative estimate of drug-likeness (QED) is 0.791. The lowest BCUT2D eigenvalue weighted by Gasteiger charge is -2.21. The SMILES string of the molecule is CC(N)C(Oc1cc(Cl)c(Br)cc1Cl)c1ccco1. The van der Waals surface area contributed by atoms with Crippen LogP contribution in [0.4, 0.5) is 0 Å². The molecule has 0 bridgehead atoms. The van der Waals surface area contributed by atoms with Crippen molar-refractivity contribution in [1.82, 2.24) is 0 Å². The first kappa shape index (κ1) is 14.7. The monoisotopic (exact) mass is 363 g/mol. The molecule has 0 amide bonds. The number of rotatable bonds is 4. The van der Waals surface area contributed by atoms with Crippen LogP contribution in [0.5, 0.6) is 5.75 Å². The number of benzene rings is 1. The minimum Gasteiger partial charge on any atom is -0.479 e. The van der Waals surface area contributed by atoms with Gasteiger partial charge in [-0.3, -0.25) is 0 Å². The van der Waals surface area contributed by atoms with Crippen LogP contribution in [0.2, 0.25) is 10.0 Å². The third-order valence-corrected chi connectivity index (χ3v) is 4.02. The molecule has 1 heterocycles. The first-order valence-corrected chi connectivity index (χ1v) is 7.14. The minimum absolute atomic E-state index is 0.260. The zero-order chi connectivity index (χ0) is 14.0. The number of hydrogen-bond acceptors (Lipinski definition) is 3. The fourth-order valence-electron chi connectivity index (χ4n) is 1.61. The summed E-state index contributed by atoms with van der Waals surface area (Å²) in [7, 11) is 0. The third kappa shape index (κ3) is 3.45. The van der Waals surface area contributed by atoms with E-state index in [2.05, 4.69) is 15.9 Å². The minimum atomic E-state index is -0.426. The van der Waals surface area contributed by atoms with Gasteiger partial charge in [0.05, 0.1) is 16.3 Å². The van der Waals surface area contributed by atoms with Gasteiger partial charge in [-0.15, -0.1) is 0 Å². The van der Waals surface area contributed by atoms with E-state index in [1.165, 1.54) is 0 Å². The van der Waals surface area contributed by atoms with E-state index in [-0.39, 0.29) is 6.04 Å². The van der Waals surface area contributed by atoms with Crippen molar-refractivity contribution < 1.29 is 9.15 Å². The average molecular weight is 365 g/mol. The highest BCUT2D eigenvalue weighted by Crippen LogP contribution is 2.36. The van der Waals surface area contributed by atoms with Gasteiger partial charge in [-0.05, 0) is 41.1 Å². The molecule has 0 aliphatic rings. The van der Waals surface area contributed by atoms with E-state index in [4.69, 9.17) is 38.1 Å². The van der Waals surface area contributed by atoms with Crippen molar-refractivity contribution in [3.05, 3.63) is 50.8 Å². The van der Waals surface area contributed by atoms with Gasteiger partial charge in [-0.25, -0.2) is 0 Å². The van der Waals surface area contributed by atoms with Gasteiger partial charge < -0.3 is 14.9 Å². The molecule has 0 radical (unpaired) electrons. The molecule has 0 saturated heterocycles. The van der Waals surface area contributed by atoms with Crippen LogP contribution in [0.3, 0.4) is 0 Å². The zero-order valence-corrected chi connectivity index (χ0v) is 13.2. The van der Waals surface area contributed by atoms with Crippen LogP contribution in [0.25, 0.3) is 0 Å². The second-order valence-corrected chi connectivity index (χ2v) is 5.78. The molecule has 2 atom stereocenters. The molecule has 0 saturated carbocycles. The van der Waals surface area contributed by atoms with Crippen molar-refractivity contribution in [2.75, 3.05) is 0 Å². The highest BCUT2D eigenvalue weighted by Gasteiger charge is 2.22. The van der Waals surface area contributed by atoms with E-state index in [9.17, 15) is 0 Å². The third-order valence-electron chi connectivity index (χ3n) is 2.53. The van der Waals surface area contributed by atoms with Crippen molar-refractivity contribution >= 4 is 39.1 Å². The Kier molecular flexibility index (Phi) is 4.79.